The van der Waals surface area contributed by atoms with Gasteiger partial charge in [0.05, 0.1) is 22.6 Å². The van der Waals surface area contributed by atoms with Gasteiger partial charge in [-0.2, -0.15) is 0 Å². The van der Waals surface area contributed by atoms with Gasteiger partial charge in [0, 0.05) is 45.9 Å². The minimum atomic E-state index is -1.10. The minimum Gasteiger partial charge on any atom is -0.248 e. The van der Waals surface area contributed by atoms with E-state index >= 15 is 0 Å². The molecular formula is C76H60N4P4Pt+4. The Labute approximate surface area is 520 Å². The van der Waals surface area contributed by atoms with Gasteiger partial charge >= 0.3 is 0 Å². The number of nitrogens with zero attached hydrogens (tertiary/aromatic N) is 4. The fourth-order valence-corrected chi connectivity index (χ4v) is 16.0. The molecule has 4 aromatic heterocycles. The number of benzene rings is 8. The fraction of sp³-hybridized carbons (Fsp3) is 0. The summed E-state index contributed by atoms with van der Waals surface area (Å²) in [5, 5.41) is 10.4. The Bertz CT molecular complexity index is 3370. The van der Waals surface area contributed by atoms with Gasteiger partial charge in [-0.25, -0.2) is 19.9 Å². The third kappa shape index (κ3) is 20.7. The number of hydrogen-bond acceptors (Lipinski definition) is 4. The Morgan fingerprint density at radius 2 is 0.318 bits per heavy atom. The summed E-state index contributed by atoms with van der Waals surface area (Å²) in [6.07, 6.45) is 7.12. The molecule has 0 aliphatic rings. The molecule has 0 amide bonds. The molecule has 0 spiro atoms. The summed E-state index contributed by atoms with van der Waals surface area (Å²) in [4.78, 5) is 17.1. The molecule has 0 saturated heterocycles. The zero-order chi connectivity index (χ0) is 57.3. The second-order valence-corrected chi connectivity index (χ2v) is 26.9. The van der Waals surface area contributed by atoms with Crippen LogP contribution in [-0.2, 0) is 21.1 Å². The van der Waals surface area contributed by atoms with E-state index in [1.54, 1.807) is 24.8 Å². The van der Waals surface area contributed by atoms with Crippen LogP contribution in [0.5, 0.6) is 0 Å². The predicted molar refractivity (Wildman–Crippen MR) is 366 cm³/mol. The SMILES string of the molecule is C(#C[PH+](c1ccccc1)c1ccccc1)c1ccccn1.C(#C[PH+](c1ccccc1)c1ccccc1)c1ccccn1.C(#C[PH+](c1ccccc1)c1ccccc1)c1ccccn1.C(#C[PH+](c1ccccc1)c1ccccc1)c1ccccn1.[Pt]. The van der Waals surface area contributed by atoms with Crippen molar-refractivity contribution in [1.29, 1.82) is 0 Å². The summed E-state index contributed by atoms with van der Waals surface area (Å²) in [6, 6.07) is 107. The summed E-state index contributed by atoms with van der Waals surface area (Å²) in [7, 11) is -4.39. The molecule has 410 valence electrons. The quantitative estimate of drug-likeness (QED) is 0.112. The molecule has 0 saturated carbocycles. The third-order valence-corrected chi connectivity index (χ3v) is 21.2. The second kappa shape index (κ2) is 35.9. The van der Waals surface area contributed by atoms with Crippen molar-refractivity contribution < 1.29 is 21.1 Å². The predicted octanol–water partition coefficient (Wildman–Crippen LogP) is 13.0. The fourth-order valence-electron chi connectivity index (χ4n) is 8.34. The van der Waals surface area contributed by atoms with E-state index in [1.807, 2.05) is 121 Å². The van der Waals surface area contributed by atoms with E-state index in [2.05, 4.69) is 260 Å². The van der Waals surface area contributed by atoms with E-state index in [0.29, 0.717) is 0 Å². The standard InChI is InChI=1S/4C19H14NP.Pt/c4*1-3-10-18(11-4-1)21(19-12-5-2-6-13-19)16-14-17-9-7-8-15-20-17;/h4*1-13,15H;/p+4. The normalized spacial score (nSPS) is 9.84. The minimum absolute atomic E-state index is 0. The van der Waals surface area contributed by atoms with E-state index in [0.717, 1.165) is 22.8 Å². The Morgan fingerprint density at radius 1 is 0.176 bits per heavy atom. The topological polar surface area (TPSA) is 51.6 Å². The number of pyridine rings is 4. The molecule has 0 fully saturated rings. The molecule has 0 unspecified atom stereocenters. The van der Waals surface area contributed by atoms with Crippen LogP contribution in [0, 0.1) is 46.3 Å². The first-order valence-electron chi connectivity index (χ1n) is 27.4. The van der Waals surface area contributed by atoms with E-state index in [-0.39, 0.29) is 21.1 Å². The zero-order valence-electron chi connectivity index (χ0n) is 46.4. The van der Waals surface area contributed by atoms with Crippen molar-refractivity contribution in [3.63, 3.8) is 0 Å². The first kappa shape index (κ1) is 62.1. The van der Waals surface area contributed by atoms with Gasteiger partial charge in [-0.05, 0) is 169 Å². The second-order valence-electron chi connectivity index (χ2n) is 18.3. The van der Waals surface area contributed by atoms with Crippen LogP contribution in [0.4, 0.5) is 0 Å². The van der Waals surface area contributed by atoms with Crippen LogP contribution in [0.2, 0.25) is 0 Å². The van der Waals surface area contributed by atoms with Crippen LogP contribution < -0.4 is 42.4 Å². The maximum atomic E-state index is 4.28. The Hall–Kier alpha value is -8.99. The van der Waals surface area contributed by atoms with Crippen molar-refractivity contribution >= 4 is 74.1 Å². The summed E-state index contributed by atoms with van der Waals surface area (Å²) in [6.45, 7) is 0. The average Bonchev–Trinajstić information content (AvgIpc) is 3.59. The molecule has 0 N–H and O–H groups in total. The maximum Gasteiger partial charge on any atom is 0.144 e. The first-order chi connectivity index (χ1) is 41.7. The van der Waals surface area contributed by atoms with E-state index < -0.39 is 31.7 Å². The molecule has 85 heavy (non-hydrogen) atoms. The average molecular weight is 1350 g/mol. The monoisotopic (exact) mass is 1350 g/mol. The molecule has 0 atom stereocenters. The molecule has 0 radical (unpaired) electrons. The van der Waals surface area contributed by atoms with E-state index in [4.69, 9.17) is 0 Å². The van der Waals surface area contributed by atoms with E-state index in [1.165, 1.54) is 42.4 Å². The molecule has 4 nitrogen and oxygen atoms in total. The van der Waals surface area contributed by atoms with Crippen LogP contribution in [0.25, 0.3) is 0 Å². The van der Waals surface area contributed by atoms with Crippen LogP contribution in [0.15, 0.2) is 340 Å². The van der Waals surface area contributed by atoms with Crippen LogP contribution in [-0.4, -0.2) is 19.9 Å². The maximum absolute atomic E-state index is 4.28. The molecule has 12 rings (SSSR count). The van der Waals surface area contributed by atoms with Crippen LogP contribution in [0.1, 0.15) is 22.8 Å². The van der Waals surface area contributed by atoms with Gasteiger partial charge in [0.15, 0.2) is 0 Å². The molecule has 0 aliphatic carbocycles. The Morgan fingerprint density at radius 3 is 0.447 bits per heavy atom. The summed E-state index contributed by atoms with van der Waals surface area (Å²) < 4.78 is 0. The molecular weight excluding hydrogens is 1290 g/mol. The Kier molecular flexibility index (Phi) is 26.2. The molecule has 12 aromatic rings. The van der Waals surface area contributed by atoms with Gasteiger partial charge in [0.25, 0.3) is 0 Å². The largest absolute Gasteiger partial charge is 0.248 e. The van der Waals surface area contributed by atoms with Gasteiger partial charge < -0.3 is 0 Å². The van der Waals surface area contributed by atoms with Crippen molar-refractivity contribution in [1.82, 2.24) is 19.9 Å². The van der Waals surface area contributed by atoms with Gasteiger partial charge in [-0.3, -0.25) is 0 Å². The van der Waals surface area contributed by atoms with Crippen molar-refractivity contribution in [3.05, 3.63) is 363 Å². The van der Waals surface area contributed by atoms with Crippen molar-refractivity contribution in [2.24, 2.45) is 0 Å². The van der Waals surface area contributed by atoms with Crippen molar-refractivity contribution in [3.8, 4) is 46.3 Å². The summed E-state index contributed by atoms with van der Waals surface area (Å²) in [5.41, 5.74) is 17.1. The Balaban J connectivity index is 0.000000147. The van der Waals surface area contributed by atoms with Crippen molar-refractivity contribution in [2.45, 2.75) is 0 Å². The first-order valence-corrected chi connectivity index (χ1v) is 33.4. The molecule has 0 bridgehead atoms. The summed E-state index contributed by atoms with van der Waals surface area (Å²) in [5.74, 6) is 12.9. The van der Waals surface area contributed by atoms with Crippen molar-refractivity contribution in [2.75, 3.05) is 0 Å². The molecule has 9 heteroatoms. The van der Waals surface area contributed by atoms with Crippen LogP contribution in [0.3, 0.4) is 0 Å². The van der Waals surface area contributed by atoms with Gasteiger partial charge in [0.2, 0.25) is 0 Å². The van der Waals surface area contributed by atoms with Gasteiger partial charge in [-0.1, -0.05) is 170 Å². The van der Waals surface area contributed by atoms with Crippen LogP contribution >= 0.6 is 31.7 Å². The number of aromatic nitrogens is 4. The molecule has 8 aromatic carbocycles. The summed E-state index contributed by atoms with van der Waals surface area (Å²) >= 11 is 0. The number of hydrogen-bond donors (Lipinski definition) is 0. The third-order valence-electron chi connectivity index (χ3n) is 12.4. The van der Waals surface area contributed by atoms with Gasteiger partial charge in [-0.15, -0.1) is 0 Å². The molecule has 0 aliphatic heterocycles. The van der Waals surface area contributed by atoms with Gasteiger partial charge in [0.1, 0.15) is 96.9 Å². The number of rotatable bonds is 8. The smallest absolute Gasteiger partial charge is 0.144 e. The molecule has 4 heterocycles. The van der Waals surface area contributed by atoms with E-state index in [9.17, 15) is 0 Å². The zero-order valence-corrected chi connectivity index (χ0v) is 52.7.